The Kier molecular flexibility index (Phi) is 4.06. The van der Waals surface area contributed by atoms with Crippen LogP contribution in [0.15, 0.2) is 0 Å². The van der Waals surface area contributed by atoms with Crippen LogP contribution < -0.4 is 10.6 Å². The van der Waals surface area contributed by atoms with Crippen molar-refractivity contribution >= 4 is 5.91 Å². The van der Waals surface area contributed by atoms with Crippen LogP contribution in [0.25, 0.3) is 0 Å². The zero-order chi connectivity index (χ0) is 14.1. The van der Waals surface area contributed by atoms with Gasteiger partial charge in [-0.05, 0) is 32.6 Å². The molecule has 3 atom stereocenters. The lowest BCUT2D eigenvalue weighted by molar-refractivity contribution is -0.161. The Balaban J connectivity index is 1.81. The molecule has 0 radical (unpaired) electrons. The van der Waals surface area contributed by atoms with Gasteiger partial charge in [-0.3, -0.25) is 4.79 Å². The van der Waals surface area contributed by atoms with Gasteiger partial charge in [0.1, 0.15) is 11.6 Å². The summed E-state index contributed by atoms with van der Waals surface area (Å²) < 4.78 is 42.8. The minimum absolute atomic E-state index is 0.00792. The second kappa shape index (κ2) is 5.28. The second-order valence-electron chi connectivity index (χ2n) is 5.43. The van der Waals surface area contributed by atoms with Gasteiger partial charge in [0.15, 0.2) is 0 Å². The molecule has 1 amide bonds. The van der Waals surface area contributed by atoms with Gasteiger partial charge in [0.2, 0.25) is 0 Å². The van der Waals surface area contributed by atoms with E-state index >= 15 is 0 Å². The maximum atomic E-state index is 12.5. The third kappa shape index (κ3) is 3.39. The minimum atomic E-state index is -4.21. The molecule has 4 nitrogen and oxygen atoms in total. The van der Waals surface area contributed by atoms with Gasteiger partial charge in [0.05, 0.1) is 0 Å². The van der Waals surface area contributed by atoms with Crippen molar-refractivity contribution in [1.82, 2.24) is 10.6 Å². The van der Waals surface area contributed by atoms with Crippen molar-refractivity contribution in [2.45, 2.75) is 56.5 Å². The Morgan fingerprint density at radius 1 is 1.42 bits per heavy atom. The summed E-state index contributed by atoms with van der Waals surface area (Å²) in [5.41, 5.74) is -0.819. The van der Waals surface area contributed by atoms with E-state index in [0.29, 0.717) is 19.4 Å². The highest BCUT2D eigenvalue weighted by atomic mass is 19.4. The number of ether oxygens (including phenoxy) is 1. The van der Waals surface area contributed by atoms with Crippen LogP contribution in [0.1, 0.15) is 32.6 Å². The maximum Gasteiger partial charge on any atom is 0.403 e. The summed E-state index contributed by atoms with van der Waals surface area (Å²) in [6.07, 6.45) is -2.40. The largest absolute Gasteiger partial charge is 0.403 e. The number of carbonyl (C=O) groups is 1. The Morgan fingerprint density at radius 3 is 2.63 bits per heavy atom. The quantitative estimate of drug-likeness (QED) is 0.803. The van der Waals surface area contributed by atoms with Crippen molar-refractivity contribution < 1.29 is 22.7 Å². The highest BCUT2D eigenvalue weighted by Gasteiger charge is 2.43. The zero-order valence-corrected chi connectivity index (χ0v) is 10.8. The van der Waals surface area contributed by atoms with E-state index in [1.54, 1.807) is 6.92 Å². The molecule has 0 aromatic rings. The first-order valence-corrected chi connectivity index (χ1v) is 6.56. The van der Waals surface area contributed by atoms with Crippen LogP contribution in [0.3, 0.4) is 0 Å². The normalized spacial score (nSPS) is 36.2. The van der Waals surface area contributed by atoms with Crippen molar-refractivity contribution in [3.8, 4) is 0 Å². The van der Waals surface area contributed by atoms with Gasteiger partial charge in [0.25, 0.3) is 5.91 Å². The molecule has 110 valence electrons. The third-order valence-electron chi connectivity index (χ3n) is 3.84. The van der Waals surface area contributed by atoms with Crippen LogP contribution in [0.2, 0.25) is 0 Å². The molecule has 2 aliphatic heterocycles. The summed E-state index contributed by atoms with van der Waals surface area (Å²) in [6, 6.07) is -1.72. The molecular formula is C12H19F3N2O2. The predicted octanol–water partition coefficient (Wildman–Crippen LogP) is 1.35. The molecule has 0 aromatic carbocycles. The van der Waals surface area contributed by atoms with E-state index in [4.69, 9.17) is 4.74 Å². The van der Waals surface area contributed by atoms with E-state index in [1.807, 2.05) is 0 Å². The summed E-state index contributed by atoms with van der Waals surface area (Å²) in [6.45, 7) is 2.43. The molecule has 0 spiro atoms. The number of amides is 1. The van der Waals surface area contributed by atoms with E-state index in [0.717, 1.165) is 6.42 Å². The number of hydrogen-bond acceptors (Lipinski definition) is 3. The van der Waals surface area contributed by atoms with Crippen molar-refractivity contribution in [2.75, 3.05) is 13.2 Å². The molecule has 2 fully saturated rings. The maximum absolute atomic E-state index is 12.5. The van der Waals surface area contributed by atoms with Crippen LogP contribution in [0, 0.1) is 0 Å². The van der Waals surface area contributed by atoms with Crippen LogP contribution in [-0.4, -0.2) is 42.9 Å². The van der Waals surface area contributed by atoms with Crippen LogP contribution >= 0.6 is 0 Å². The number of hydrogen-bond donors (Lipinski definition) is 2. The van der Waals surface area contributed by atoms with Gasteiger partial charge in [-0.15, -0.1) is 0 Å². The van der Waals surface area contributed by atoms with Crippen molar-refractivity contribution in [1.29, 1.82) is 0 Å². The van der Waals surface area contributed by atoms with Gasteiger partial charge in [0, 0.05) is 19.2 Å². The summed E-state index contributed by atoms with van der Waals surface area (Å²) in [5, 5.41) is 5.22. The number of nitrogens with one attached hydrogen (secondary N) is 2. The van der Waals surface area contributed by atoms with E-state index in [2.05, 4.69) is 10.6 Å². The molecule has 2 aliphatic rings. The minimum Gasteiger partial charge on any atom is -0.365 e. The van der Waals surface area contributed by atoms with E-state index in [-0.39, 0.29) is 24.9 Å². The highest BCUT2D eigenvalue weighted by molar-refractivity contribution is 5.85. The summed E-state index contributed by atoms with van der Waals surface area (Å²) in [5.74, 6) is -0.220. The van der Waals surface area contributed by atoms with Gasteiger partial charge in [-0.25, -0.2) is 0 Å². The van der Waals surface area contributed by atoms with E-state index in [1.165, 1.54) is 0 Å². The van der Waals surface area contributed by atoms with E-state index in [9.17, 15) is 18.0 Å². The number of carbonyl (C=O) groups excluding carboxylic acids is 1. The molecule has 0 aromatic heterocycles. The van der Waals surface area contributed by atoms with Gasteiger partial charge >= 0.3 is 6.18 Å². The molecule has 0 saturated carbocycles. The fourth-order valence-electron chi connectivity index (χ4n) is 2.56. The molecule has 2 heterocycles. The van der Waals surface area contributed by atoms with Gasteiger partial charge < -0.3 is 15.4 Å². The number of rotatable bonds is 2. The average molecular weight is 280 g/mol. The first-order chi connectivity index (χ1) is 8.81. The Labute approximate surface area is 110 Å². The SMILES string of the molecule is CC1(C(=O)NC2CCC(C(F)(F)F)NC2)CCCO1. The Morgan fingerprint density at radius 2 is 2.16 bits per heavy atom. The predicted molar refractivity (Wildman–Crippen MR) is 62.6 cm³/mol. The number of piperidine rings is 1. The van der Waals surface area contributed by atoms with Crippen molar-refractivity contribution in [2.24, 2.45) is 0 Å². The topological polar surface area (TPSA) is 50.4 Å². The van der Waals surface area contributed by atoms with Crippen LogP contribution in [-0.2, 0) is 9.53 Å². The lowest BCUT2D eigenvalue weighted by Gasteiger charge is -2.33. The molecule has 0 bridgehead atoms. The molecule has 3 unspecified atom stereocenters. The van der Waals surface area contributed by atoms with Crippen molar-refractivity contribution in [3.63, 3.8) is 0 Å². The van der Waals surface area contributed by atoms with E-state index < -0.39 is 17.8 Å². The molecule has 7 heteroatoms. The first kappa shape index (κ1) is 14.6. The first-order valence-electron chi connectivity index (χ1n) is 6.56. The fraction of sp³-hybridized carbons (Fsp3) is 0.917. The third-order valence-corrected chi connectivity index (χ3v) is 3.84. The monoisotopic (exact) mass is 280 g/mol. The number of halogens is 3. The Bertz CT molecular complexity index is 332. The fourth-order valence-corrected chi connectivity index (χ4v) is 2.56. The molecule has 2 rings (SSSR count). The summed E-state index contributed by atoms with van der Waals surface area (Å²) in [4.78, 5) is 12.0. The summed E-state index contributed by atoms with van der Waals surface area (Å²) >= 11 is 0. The average Bonchev–Trinajstić information content (AvgIpc) is 2.77. The molecular weight excluding hydrogens is 261 g/mol. The lowest BCUT2D eigenvalue weighted by atomic mass is 9.97. The highest BCUT2D eigenvalue weighted by Crippen LogP contribution is 2.28. The van der Waals surface area contributed by atoms with Crippen molar-refractivity contribution in [3.05, 3.63) is 0 Å². The molecule has 19 heavy (non-hydrogen) atoms. The zero-order valence-electron chi connectivity index (χ0n) is 10.8. The summed E-state index contributed by atoms with van der Waals surface area (Å²) in [7, 11) is 0. The number of alkyl halides is 3. The van der Waals surface area contributed by atoms with Gasteiger partial charge in [-0.1, -0.05) is 0 Å². The van der Waals surface area contributed by atoms with Crippen LogP contribution in [0.4, 0.5) is 13.2 Å². The smallest absolute Gasteiger partial charge is 0.365 e. The molecule has 2 N–H and O–H groups in total. The second-order valence-corrected chi connectivity index (χ2v) is 5.43. The Hall–Kier alpha value is -0.820. The standard InChI is InChI=1S/C12H19F3N2O2/c1-11(5-2-6-19-11)10(18)17-8-3-4-9(16-7-8)12(13,14)15/h8-9,16H,2-7H2,1H3,(H,17,18). The molecule has 2 saturated heterocycles. The lowest BCUT2D eigenvalue weighted by Crippen LogP contribution is -2.57. The van der Waals surface area contributed by atoms with Gasteiger partial charge in [-0.2, -0.15) is 13.2 Å². The molecule has 0 aliphatic carbocycles. The van der Waals surface area contributed by atoms with Crippen LogP contribution in [0.5, 0.6) is 0 Å².